The zero-order valence-corrected chi connectivity index (χ0v) is 12.6. The number of aryl methyl sites for hydroxylation is 1. The van der Waals surface area contributed by atoms with Crippen LogP contribution in [-0.4, -0.2) is 39.2 Å². The van der Waals surface area contributed by atoms with Crippen LogP contribution < -0.4 is 0 Å². The van der Waals surface area contributed by atoms with Gasteiger partial charge in [-0.2, -0.15) is 0 Å². The maximum Gasteiger partial charge on any atom is 0.143 e. The summed E-state index contributed by atoms with van der Waals surface area (Å²) in [7, 11) is 0. The Morgan fingerprint density at radius 3 is 3.00 bits per heavy atom. The van der Waals surface area contributed by atoms with Crippen LogP contribution in [0.1, 0.15) is 37.2 Å². The molecule has 0 saturated carbocycles. The molecule has 2 aromatic rings. The minimum Gasteiger partial charge on any atom is -0.396 e. The number of likely N-dealkylation sites (tertiary alicyclic amines) is 1. The fourth-order valence-corrected chi connectivity index (χ4v) is 3.30. The van der Waals surface area contributed by atoms with Crippen molar-refractivity contribution in [3.05, 3.63) is 35.8 Å². The Kier molecular flexibility index (Phi) is 4.46. The molecule has 1 aliphatic rings. The molecule has 3 rings (SSSR count). The number of hydrogen-bond acceptors (Lipinski definition) is 4. The van der Waals surface area contributed by atoms with Gasteiger partial charge in [0.15, 0.2) is 0 Å². The number of aromatic nitrogens is 2. The van der Waals surface area contributed by atoms with Gasteiger partial charge in [0.1, 0.15) is 5.82 Å². The van der Waals surface area contributed by atoms with Crippen molar-refractivity contribution in [3.63, 3.8) is 0 Å². The Labute approximate surface area is 125 Å². The molecule has 1 saturated heterocycles. The number of aliphatic hydroxyl groups excluding tert-OH is 1. The highest BCUT2D eigenvalue weighted by molar-refractivity contribution is 5.80. The first-order chi connectivity index (χ1) is 10.3. The highest BCUT2D eigenvalue weighted by Crippen LogP contribution is 2.23. The van der Waals surface area contributed by atoms with Gasteiger partial charge >= 0.3 is 0 Å². The lowest BCUT2D eigenvalue weighted by atomic mass is 10.1. The first-order valence-corrected chi connectivity index (χ1v) is 7.85. The van der Waals surface area contributed by atoms with Crippen LogP contribution >= 0.6 is 0 Å². The van der Waals surface area contributed by atoms with Crippen LogP contribution in [0.3, 0.4) is 0 Å². The van der Waals surface area contributed by atoms with Gasteiger partial charge in [0.25, 0.3) is 0 Å². The van der Waals surface area contributed by atoms with Gasteiger partial charge in [-0.1, -0.05) is 18.2 Å². The minimum absolute atomic E-state index is 0.288. The SMILES string of the molecule is Cc1nc(CN2CCCC2CCCO)nc2ccccc12. The maximum atomic E-state index is 9.01. The zero-order valence-electron chi connectivity index (χ0n) is 12.6. The Morgan fingerprint density at radius 2 is 2.14 bits per heavy atom. The molecule has 21 heavy (non-hydrogen) atoms. The lowest BCUT2D eigenvalue weighted by molar-refractivity contribution is 0.206. The number of hydrogen-bond donors (Lipinski definition) is 1. The molecule has 1 aromatic carbocycles. The van der Waals surface area contributed by atoms with Crippen molar-refractivity contribution in [2.75, 3.05) is 13.2 Å². The number of aliphatic hydroxyl groups is 1. The van der Waals surface area contributed by atoms with Gasteiger partial charge in [-0.05, 0) is 45.2 Å². The topological polar surface area (TPSA) is 49.2 Å². The zero-order chi connectivity index (χ0) is 14.7. The molecule has 1 aromatic heterocycles. The van der Waals surface area contributed by atoms with E-state index in [1.165, 1.54) is 12.8 Å². The predicted molar refractivity (Wildman–Crippen MR) is 84.0 cm³/mol. The van der Waals surface area contributed by atoms with Gasteiger partial charge in [-0.3, -0.25) is 4.90 Å². The van der Waals surface area contributed by atoms with Crippen LogP contribution in [0, 0.1) is 6.92 Å². The summed E-state index contributed by atoms with van der Waals surface area (Å²) in [6.07, 6.45) is 4.43. The molecule has 0 bridgehead atoms. The predicted octanol–water partition coefficient (Wildman–Crippen LogP) is 2.68. The van der Waals surface area contributed by atoms with Crippen LogP contribution in [0.15, 0.2) is 24.3 Å². The average molecular weight is 285 g/mol. The van der Waals surface area contributed by atoms with Gasteiger partial charge in [0, 0.05) is 23.7 Å². The van der Waals surface area contributed by atoms with Crippen molar-refractivity contribution in [2.24, 2.45) is 0 Å². The van der Waals surface area contributed by atoms with Gasteiger partial charge in [-0.25, -0.2) is 9.97 Å². The van der Waals surface area contributed by atoms with E-state index < -0.39 is 0 Å². The lowest BCUT2D eigenvalue weighted by Crippen LogP contribution is -2.30. The molecule has 112 valence electrons. The van der Waals surface area contributed by atoms with Gasteiger partial charge in [0.05, 0.1) is 12.1 Å². The molecule has 1 unspecified atom stereocenters. The summed E-state index contributed by atoms with van der Waals surface area (Å²) in [6.45, 7) is 4.28. The van der Waals surface area contributed by atoms with E-state index >= 15 is 0 Å². The molecule has 1 aliphatic heterocycles. The molecular weight excluding hydrogens is 262 g/mol. The van der Waals surface area contributed by atoms with Crippen molar-refractivity contribution in [3.8, 4) is 0 Å². The summed E-state index contributed by atoms with van der Waals surface area (Å²) in [5.41, 5.74) is 2.09. The summed E-state index contributed by atoms with van der Waals surface area (Å²) in [4.78, 5) is 11.9. The molecule has 4 nitrogen and oxygen atoms in total. The fraction of sp³-hybridized carbons (Fsp3) is 0.529. The normalized spacial score (nSPS) is 19.4. The summed E-state index contributed by atoms with van der Waals surface area (Å²) in [6, 6.07) is 8.77. The number of benzene rings is 1. The number of fused-ring (bicyclic) bond motifs is 1. The lowest BCUT2D eigenvalue weighted by Gasteiger charge is -2.23. The molecule has 4 heteroatoms. The van der Waals surface area contributed by atoms with Crippen molar-refractivity contribution in [1.82, 2.24) is 14.9 Å². The third-order valence-electron chi connectivity index (χ3n) is 4.38. The number of nitrogens with zero attached hydrogens (tertiary/aromatic N) is 3. The van der Waals surface area contributed by atoms with E-state index in [0.29, 0.717) is 6.04 Å². The van der Waals surface area contributed by atoms with E-state index in [1.54, 1.807) is 0 Å². The van der Waals surface area contributed by atoms with E-state index in [2.05, 4.69) is 28.9 Å². The quantitative estimate of drug-likeness (QED) is 0.917. The summed E-state index contributed by atoms with van der Waals surface area (Å²) < 4.78 is 0. The highest BCUT2D eigenvalue weighted by atomic mass is 16.2. The second kappa shape index (κ2) is 6.50. The van der Waals surface area contributed by atoms with E-state index in [1.807, 2.05) is 12.1 Å². The molecule has 1 fully saturated rings. The standard InChI is InChI=1S/C17H23N3O/c1-13-15-8-2-3-9-16(15)19-17(18-13)12-20-10-4-6-14(20)7-5-11-21/h2-3,8-9,14,21H,4-7,10-12H2,1H3. The molecule has 1 atom stereocenters. The highest BCUT2D eigenvalue weighted by Gasteiger charge is 2.24. The number of para-hydroxylation sites is 1. The molecule has 2 heterocycles. The monoisotopic (exact) mass is 285 g/mol. The van der Waals surface area contributed by atoms with Crippen LogP contribution in [0.2, 0.25) is 0 Å². The Morgan fingerprint density at radius 1 is 1.29 bits per heavy atom. The molecule has 0 amide bonds. The third-order valence-corrected chi connectivity index (χ3v) is 4.38. The Balaban J connectivity index is 1.78. The van der Waals surface area contributed by atoms with Gasteiger partial charge in [-0.15, -0.1) is 0 Å². The second-order valence-corrected chi connectivity index (χ2v) is 5.87. The van der Waals surface area contributed by atoms with Crippen LogP contribution in [0.25, 0.3) is 10.9 Å². The summed E-state index contributed by atoms with van der Waals surface area (Å²) in [5, 5.41) is 10.2. The Bertz CT molecular complexity index is 614. The molecule has 0 spiro atoms. The maximum absolute atomic E-state index is 9.01. The van der Waals surface area contributed by atoms with Crippen molar-refractivity contribution >= 4 is 10.9 Å². The minimum atomic E-state index is 0.288. The average Bonchev–Trinajstić information content (AvgIpc) is 2.92. The number of rotatable bonds is 5. The van der Waals surface area contributed by atoms with Crippen LogP contribution in [0.4, 0.5) is 0 Å². The van der Waals surface area contributed by atoms with Gasteiger partial charge < -0.3 is 5.11 Å². The first kappa shape index (κ1) is 14.4. The molecule has 0 radical (unpaired) electrons. The van der Waals surface area contributed by atoms with Crippen LogP contribution in [0.5, 0.6) is 0 Å². The van der Waals surface area contributed by atoms with E-state index in [-0.39, 0.29) is 6.61 Å². The fourth-order valence-electron chi connectivity index (χ4n) is 3.30. The van der Waals surface area contributed by atoms with E-state index in [4.69, 9.17) is 10.1 Å². The van der Waals surface area contributed by atoms with Crippen molar-refractivity contribution in [2.45, 2.75) is 45.2 Å². The first-order valence-electron chi connectivity index (χ1n) is 7.85. The molecular formula is C17H23N3O. The molecule has 0 aliphatic carbocycles. The van der Waals surface area contributed by atoms with Crippen molar-refractivity contribution < 1.29 is 5.11 Å². The smallest absolute Gasteiger partial charge is 0.143 e. The van der Waals surface area contributed by atoms with E-state index in [0.717, 1.165) is 48.4 Å². The Hall–Kier alpha value is -1.52. The van der Waals surface area contributed by atoms with Crippen LogP contribution in [-0.2, 0) is 6.54 Å². The second-order valence-electron chi connectivity index (χ2n) is 5.87. The van der Waals surface area contributed by atoms with Gasteiger partial charge in [0.2, 0.25) is 0 Å². The molecule has 1 N–H and O–H groups in total. The third kappa shape index (κ3) is 3.22. The summed E-state index contributed by atoms with van der Waals surface area (Å²) >= 11 is 0. The largest absolute Gasteiger partial charge is 0.396 e. The summed E-state index contributed by atoms with van der Waals surface area (Å²) in [5.74, 6) is 0.919. The van der Waals surface area contributed by atoms with E-state index in [9.17, 15) is 0 Å². The van der Waals surface area contributed by atoms with Crippen molar-refractivity contribution in [1.29, 1.82) is 0 Å².